The molecule has 130 valence electrons. The number of aliphatic hydroxyl groups excluding tert-OH is 1. The van der Waals surface area contributed by atoms with Gasteiger partial charge >= 0.3 is 6.18 Å². The lowest BCUT2D eigenvalue weighted by molar-refractivity contribution is -0.163. The first-order valence-corrected chi connectivity index (χ1v) is 7.37. The van der Waals surface area contributed by atoms with Gasteiger partial charge in [-0.3, -0.25) is 4.79 Å². The van der Waals surface area contributed by atoms with Gasteiger partial charge in [-0.05, 0) is 12.1 Å². The Labute approximate surface area is 145 Å². The van der Waals surface area contributed by atoms with Crippen molar-refractivity contribution in [2.24, 2.45) is 0 Å². The highest BCUT2D eigenvalue weighted by Crippen LogP contribution is 2.34. The molecule has 3 N–H and O–H groups in total. The van der Waals surface area contributed by atoms with E-state index in [1.165, 1.54) is 7.11 Å². The molecule has 0 fully saturated rings. The van der Waals surface area contributed by atoms with E-state index in [1.807, 2.05) is 0 Å². The maximum absolute atomic E-state index is 12.7. The van der Waals surface area contributed by atoms with Gasteiger partial charge in [0, 0.05) is 6.42 Å². The zero-order chi connectivity index (χ0) is 18.1. The van der Waals surface area contributed by atoms with E-state index in [2.05, 4.69) is 5.32 Å². The second kappa shape index (κ2) is 6.86. The molecule has 1 aliphatic rings. The number of carbonyl (C=O) groups excluding carboxylic acids is 1. The first kappa shape index (κ1) is 18.3. The number of carbonyl (C=O) groups is 1. The van der Waals surface area contributed by atoms with Crippen LogP contribution in [0.2, 0.25) is 5.02 Å². The standard InChI is InChI=1S/C14H12ClF3N2O3S/c1-23-11-6(15)3-2-4-7(11)19-13(24)10-8(21)5-9(14(16,17)18)20-12(10)22/h2-4,9,21H,5H2,1H3,(H,19,24)(H,20,22). The smallest absolute Gasteiger partial charge is 0.409 e. The lowest BCUT2D eigenvalue weighted by Crippen LogP contribution is -2.50. The second-order valence-electron chi connectivity index (χ2n) is 4.87. The van der Waals surface area contributed by atoms with Gasteiger partial charge in [-0.2, -0.15) is 13.2 Å². The summed E-state index contributed by atoms with van der Waals surface area (Å²) in [6.07, 6.45) is -5.46. The van der Waals surface area contributed by atoms with Crippen molar-refractivity contribution in [3.8, 4) is 5.75 Å². The normalized spacial score (nSPS) is 18.2. The number of hydrogen-bond donors (Lipinski definition) is 3. The topological polar surface area (TPSA) is 70.6 Å². The summed E-state index contributed by atoms with van der Waals surface area (Å²) in [5.74, 6) is -1.61. The third-order valence-electron chi connectivity index (χ3n) is 3.26. The molecule has 0 saturated heterocycles. The molecule has 1 atom stereocenters. The van der Waals surface area contributed by atoms with Gasteiger partial charge in [0.1, 0.15) is 22.4 Å². The monoisotopic (exact) mass is 380 g/mol. The predicted molar refractivity (Wildman–Crippen MR) is 86.5 cm³/mol. The molecule has 1 amide bonds. The van der Waals surface area contributed by atoms with Crippen molar-refractivity contribution in [3.63, 3.8) is 0 Å². The Kier molecular flexibility index (Phi) is 5.24. The quantitative estimate of drug-likeness (QED) is 0.701. The number of ether oxygens (including phenoxy) is 1. The average molecular weight is 381 g/mol. The van der Waals surface area contributed by atoms with Crippen LogP contribution in [-0.2, 0) is 4.79 Å². The van der Waals surface area contributed by atoms with Crippen molar-refractivity contribution in [1.29, 1.82) is 0 Å². The van der Waals surface area contributed by atoms with E-state index >= 15 is 0 Å². The van der Waals surface area contributed by atoms with Gasteiger partial charge < -0.3 is 20.5 Å². The van der Waals surface area contributed by atoms with Gasteiger partial charge in [0.25, 0.3) is 5.91 Å². The van der Waals surface area contributed by atoms with Gasteiger partial charge in [-0.15, -0.1) is 0 Å². The molecule has 1 heterocycles. The van der Waals surface area contributed by atoms with E-state index in [-0.39, 0.29) is 15.8 Å². The van der Waals surface area contributed by atoms with Gasteiger partial charge in [0.15, 0.2) is 5.75 Å². The highest BCUT2D eigenvalue weighted by Gasteiger charge is 2.45. The highest BCUT2D eigenvalue weighted by atomic mass is 35.5. The van der Waals surface area contributed by atoms with E-state index in [0.29, 0.717) is 5.69 Å². The Hall–Kier alpha value is -2.00. The largest absolute Gasteiger partial charge is 0.511 e. The molecule has 10 heteroatoms. The molecule has 0 bridgehead atoms. The Morgan fingerprint density at radius 1 is 1.50 bits per heavy atom. The molecule has 1 unspecified atom stereocenters. The van der Waals surface area contributed by atoms with Gasteiger partial charge in [-0.1, -0.05) is 29.9 Å². The van der Waals surface area contributed by atoms with E-state index in [9.17, 15) is 23.1 Å². The Balaban J connectivity index is 2.27. The summed E-state index contributed by atoms with van der Waals surface area (Å²) in [5.41, 5.74) is -0.117. The van der Waals surface area contributed by atoms with Gasteiger partial charge in [-0.25, -0.2) is 0 Å². The molecule has 24 heavy (non-hydrogen) atoms. The second-order valence-corrected chi connectivity index (χ2v) is 5.68. The molecule has 2 rings (SSSR count). The van der Waals surface area contributed by atoms with E-state index in [4.69, 9.17) is 28.6 Å². The van der Waals surface area contributed by atoms with E-state index in [1.54, 1.807) is 23.5 Å². The minimum atomic E-state index is -4.67. The molecule has 1 aromatic rings. The fourth-order valence-corrected chi connectivity index (χ4v) is 2.71. The van der Waals surface area contributed by atoms with Crippen molar-refractivity contribution in [2.45, 2.75) is 18.6 Å². The number of amides is 1. The molecule has 0 aromatic heterocycles. The number of methoxy groups -OCH3 is 1. The van der Waals surface area contributed by atoms with Crippen molar-refractivity contribution in [2.75, 3.05) is 12.4 Å². The molecule has 1 aromatic carbocycles. The molecule has 0 saturated carbocycles. The van der Waals surface area contributed by atoms with Gasteiger partial charge in [0.2, 0.25) is 0 Å². The van der Waals surface area contributed by atoms with Crippen LogP contribution in [0.15, 0.2) is 29.5 Å². The van der Waals surface area contributed by atoms with Crippen LogP contribution in [0.25, 0.3) is 0 Å². The number of nitrogens with one attached hydrogen (secondary N) is 2. The van der Waals surface area contributed by atoms with Crippen LogP contribution in [0, 0.1) is 0 Å². The molecule has 0 spiro atoms. The maximum atomic E-state index is 12.7. The summed E-state index contributed by atoms with van der Waals surface area (Å²) in [7, 11) is 1.37. The van der Waals surface area contributed by atoms with Crippen LogP contribution >= 0.6 is 23.8 Å². The number of para-hydroxylation sites is 1. The lowest BCUT2D eigenvalue weighted by Gasteiger charge is -2.27. The van der Waals surface area contributed by atoms with Crippen LogP contribution in [0.5, 0.6) is 5.75 Å². The van der Waals surface area contributed by atoms with Crippen LogP contribution < -0.4 is 15.4 Å². The predicted octanol–water partition coefficient (Wildman–Crippen LogP) is 3.35. The van der Waals surface area contributed by atoms with Crippen molar-refractivity contribution >= 4 is 40.4 Å². The number of aliphatic hydroxyl groups is 1. The van der Waals surface area contributed by atoms with Crippen LogP contribution in [0.3, 0.4) is 0 Å². The molecular weight excluding hydrogens is 369 g/mol. The summed E-state index contributed by atoms with van der Waals surface area (Å²) in [4.78, 5) is 11.7. The molecule has 0 radical (unpaired) electrons. The number of benzene rings is 1. The first-order chi connectivity index (χ1) is 11.1. The zero-order valence-electron chi connectivity index (χ0n) is 12.2. The van der Waals surface area contributed by atoms with Crippen molar-refractivity contribution in [3.05, 3.63) is 34.6 Å². The Morgan fingerprint density at radius 2 is 2.17 bits per heavy atom. The summed E-state index contributed by atoms with van der Waals surface area (Å²) in [6, 6.07) is 2.54. The maximum Gasteiger partial charge on any atom is 0.409 e. The fraction of sp³-hybridized carbons (Fsp3) is 0.286. The van der Waals surface area contributed by atoms with Crippen LogP contribution in [0.4, 0.5) is 18.9 Å². The minimum Gasteiger partial charge on any atom is -0.511 e. The van der Waals surface area contributed by atoms with Crippen molar-refractivity contribution in [1.82, 2.24) is 5.32 Å². The highest BCUT2D eigenvalue weighted by molar-refractivity contribution is 7.81. The summed E-state index contributed by atoms with van der Waals surface area (Å²) in [5, 5.41) is 14.5. The number of anilines is 1. The minimum absolute atomic E-state index is 0.242. The van der Waals surface area contributed by atoms with E-state index in [0.717, 1.165) is 0 Å². The third-order valence-corrected chi connectivity index (χ3v) is 3.86. The zero-order valence-corrected chi connectivity index (χ0v) is 13.8. The Bertz CT molecular complexity index is 722. The number of alkyl halides is 3. The summed E-state index contributed by atoms with van der Waals surface area (Å²) in [6.45, 7) is 0. The number of rotatable bonds is 3. The fourth-order valence-electron chi connectivity index (χ4n) is 2.14. The molecule has 1 aliphatic heterocycles. The average Bonchev–Trinajstić information content (AvgIpc) is 2.45. The van der Waals surface area contributed by atoms with Crippen LogP contribution in [-0.4, -0.2) is 35.3 Å². The number of hydrogen-bond acceptors (Lipinski definition) is 4. The SMILES string of the molecule is COc1c(Cl)cccc1NC(=S)C1=C(O)CC(C(F)(F)F)NC1=O. The van der Waals surface area contributed by atoms with Crippen molar-refractivity contribution < 1.29 is 27.8 Å². The van der Waals surface area contributed by atoms with E-state index < -0.39 is 35.9 Å². The summed E-state index contributed by atoms with van der Waals surface area (Å²) >= 11 is 11.0. The third kappa shape index (κ3) is 3.73. The first-order valence-electron chi connectivity index (χ1n) is 6.58. The van der Waals surface area contributed by atoms with Crippen LogP contribution in [0.1, 0.15) is 6.42 Å². The number of thiocarbonyl (C=S) groups is 1. The number of halogens is 4. The lowest BCUT2D eigenvalue weighted by atomic mass is 10.0. The Morgan fingerprint density at radius 3 is 2.71 bits per heavy atom. The van der Waals surface area contributed by atoms with Gasteiger partial charge in [0.05, 0.1) is 17.8 Å². The molecular formula is C14H12ClF3N2O3S. The molecule has 5 nitrogen and oxygen atoms in total. The molecule has 0 aliphatic carbocycles. The summed E-state index contributed by atoms with van der Waals surface area (Å²) < 4.78 is 43.1.